The number of rotatable bonds is 1. The second kappa shape index (κ2) is 3.78. The van der Waals surface area contributed by atoms with Crippen LogP contribution in [0.4, 0.5) is 0 Å². The van der Waals surface area contributed by atoms with Crippen LogP contribution in [0.15, 0.2) is 34.8 Å². The van der Waals surface area contributed by atoms with Gasteiger partial charge in [0.2, 0.25) is 0 Å². The molecule has 3 nitrogen and oxygen atoms in total. The van der Waals surface area contributed by atoms with Crippen LogP contribution in [0.5, 0.6) is 0 Å². The molecule has 0 amide bonds. The molecule has 84 valence electrons. The lowest BCUT2D eigenvalue weighted by atomic mass is 10.2. The lowest BCUT2D eigenvalue weighted by Gasteiger charge is -1.97. The minimum atomic E-state index is -0.904. The Morgan fingerprint density at radius 2 is 2.06 bits per heavy atom. The zero-order chi connectivity index (χ0) is 12.0. The normalized spacial score (nSPS) is 11.1. The van der Waals surface area contributed by atoms with Gasteiger partial charge in [0.1, 0.15) is 9.71 Å². The molecule has 0 spiro atoms. The molecule has 0 aliphatic heterocycles. The summed E-state index contributed by atoms with van der Waals surface area (Å²) in [6.07, 6.45) is 0. The van der Waals surface area contributed by atoms with Gasteiger partial charge in [-0.25, -0.2) is 9.78 Å². The highest BCUT2D eigenvalue weighted by Gasteiger charge is 2.10. The number of aromatic nitrogens is 1. The number of benzene rings is 1. The van der Waals surface area contributed by atoms with Crippen molar-refractivity contribution in [3.63, 3.8) is 0 Å². The SMILES string of the molecule is O=C(O)c1cc2cc3cc(Br)ccc3nc2s1. The maximum Gasteiger partial charge on any atom is 0.345 e. The summed E-state index contributed by atoms with van der Waals surface area (Å²) in [6.45, 7) is 0. The van der Waals surface area contributed by atoms with Crippen molar-refractivity contribution in [2.24, 2.45) is 0 Å². The molecule has 2 heterocycles. The number of hydrogen-bond donors (Lipinski definition) is 1. The molecule has 2 aromatic heterocycles. The minimum absolute atomic E-state index is 0.321. The number of carboxylic acids is 1. The Morgan fingerprint density at radius 3 is 2.82 bits per heavy atom. The predicted molar refractivity (Wildman–Crippen MR) is 71.8 cm³/mol. The lowest BCUT2D eigenvalue weighted by molar-refractivity contribution is 0.0702. The first-order valence-corrected chi connectivity index (χ1v) is 6.47. The molecule has 17 heavy (non-hydrogen) atoms. The number of hydrogen-bond acceptors (Lipinski definition) is 3. The summed E-state index contributed by atoms with van der Waals surface area (Å²) in [7, 11) is 0. The van der Waals surface area contributed by atoms with E-state index in [1.54, 1.807) is 6.07 Å². The lowest BCUT2D eigenvalue weighted by Crippen LogP contribution is -1.89. The van der Waals surface area contributed by atoms with Gasteiger partial charge in [0.15, 0.2) is 0 Å². The molecular weight excluding hydrogens is 302 g/mol. The third-order valence-electron chi connectivity index (χ3n) is 2.47. The van der Waals surface area contributed by atoms with Gasteiger partial charge in [-0.3, -0.25) is 0 Å². The number of nitrogens with zero attached hydrogens (tertiary/aromatic N) is 1. The van der Waals surface area contributed by atoms with Crippen LogP contribution in [0.25, 0.3) is 21.1 Å². The Morgan fingerprint density at radius 1 is 1.24 bits per heavy atom. The maximum absolute atomic E-state index is 10.9. The fourth-order valence-electron chi connectivity index (χ4n) is 1.71. The maximum atomic E-state index is 10.9. The van der Waals surface area contributed by atoms with Crippen LogP contribution in [-0.4, -0.2) is 16.1 Å². The fraction of sp³-hybridized carbons (Fsp3) is 0. The van der Waals surface area contributed by atoms with Crippen LogP contribution < -0.4 is 0 Å². The molecule has 0 unspecified atom stereocenters. The number of fused-ring (bicyclic) bond motifs is 2. The second-order valence-electron chi connectivity index (χ2n) is 3.64. The Balaban J connectivity index is 2.36. The van der Waals surface area contributed by atoms with Crippen molar-refractivity contribution in [1.82, 2.24) is 4.98 Å². The molecule has 0 aliphatic carbocycles. The molecule has 0 aliphatic rings. The van der Waals surface area contributed by atoms with E-state index in [-0.39, 0.29) is 0 Å². The molecule has 0 saturated carbocycles. The zero-order valence-corrected chi connectivity index (χ0v) is 10.9. The van der Waals surface area contributed by atoms with Crippen molar-refractivity contribution in [1.29, 1.82) is 0 Å². The van der Waals surface area contributed by atoms with Crippen molar-refractivity contribution in [2.45, 2.75) is 0 Å². The number of thiophene rings is 1. The topological polar surface area (TPSA) is 50.2 Å². The molecular formula is C12H6BrNO2S. The minimum Gasteiger partial charge on any atom is -0.477 e. The summed E-state index contributed by atoms with van der Waals surface area (Å²) in [4.78, 5) is 16.4. The van der Waals surface area contributed by atoms with Gasteiger partial charge in [0, 0.05) is 15.2 Å². The molecule has 0 saturated heterocycles. The first kappa shape index (κ1) is 10.7. The Kier molecular flexibility index (Phi) is 2.38. The van der Waals surface area contributed by atoms with Crippen LogP contribution >= 0.6 is 27.3 Å². The van der Waals surface area contributed by atoms with Gasteiger partial charge >= 0.3 is 5.97 Å². The molecule has 1 aromatic carbocycles. The van der Waals surface area contributed by atoms with E-state index in [1.165, 1.54) is 11.3 Å². The van der Waals surface area contributed by atoms with Crippen molar-refractivity contribution >= 4 is 54.4 Å². The van der Waals surface area contributed by atoms with Gasteiger partial charge in [0.25, 0.3) is 0 Å². The van der Waals surface area contributed by atoms with Crippen LogP contribution in [0, 0.1) is 0 Å². The molecule has 0 fully saturated rings. The van der Waals surface area contributed by atoms with Gasteiger partial charge in [0.05, 0.1) is 5.52 Å². The molecule has 3 aromatic rings. The highest BCUT2D eigenvalue weighted by Crippen LogP contribution is 2.28. The van der Waals surface area contributed by atoms with E-state index in [0.29, 0.717) is 4.88 Å². The number of halogens is 1. The smallest absolute Gasteiger partial charge is 0.345 e. The van der Waals surface area contributed by atoms with Crippen LogP contribution in [0.1, 0.15) is 9.67 Å². The summed E-state index contributed by atoms with van der Waals surface area (Å²) in [5.74, 6) is -0.904. The number of carboxylic acid groups (broad SMARTS) is 1. The number of carbonyl (C=O) groups is 1. The second-order valence-corrected chi connectivity index (χ2v) is 5.58. The summed E-state index contributed by atoms with van der Waals surface area (Å²) >= 11 is 4.61. The first-order valence-electron chi connectivity index (χ1n) is 4.86. The monoisotopic (exact) mass is 307 g/mol. The standard InChI is InChI=1S/C12H6BrNO2S/c13-8-1-2-9-6(4-8)3-7-5-10(12(15)16)17-11(7)14-9/h1-5H,(H,15,16). The molecule has 0 atom stereocenters. The largest absolute Gasteiger partial charge is 0.477 e. The van der Waals surface area contributed by atoms with E-state index in [9.17, 15) is 4.79 Å². The van der Waals surface area contributed by atoms with Crippen LogP contribution in [0.3, 0.4) is 0 Å². The van der Waals surface area contributed by atoms with E-state index in [2.05, 4.69) is 20.9 Å². The number of pyridine rings is 1. The molecule has 1 N–H and O–H groups in total. The highest BCUT2D eigenvalue weighted by molar-refractivity contribution is 9.10. The van der Waals surface area contributed by atoms with Gasteiger partial charge < -0.3 is 5.11 Å². The Bertz CT molecular complexity index is 751. The van der Waals surface area contributed by atoms with Gasteiger partial charge in [-0.15, -0.1) is 11.3 Å². The summed E-state index contributed by atoms with van der Waals surface area (Å²) in [5, 5.41) is 10.8. The summed E-state index contributed by atoms with van der Waals surface area (Å²) in [6, 6.07) is 9.44. The predicted octanol–water partition coefficient (Wildman–Crippen LogP) is 3.91. The van der Waals surface area contributed by atoms with Crippen LogP contribution in [0.2, 0.25) is 0 Å². The fourth-order valence-corrected chi connectivity index (χ4v) is 2.95. The van der Waals surface area contributed by atoms with E-state index < -0.39 is 5.97 Å². The highest BCUT2D eigenvalue weighted by atomic mass is 79.9. The molecule has 0 bridgehead atoms. The zero-order valence-electron chi connectivity index (χ0n) is 8.48. The van der Waals surface area contributed by atoms with Crippen molar-refractivity contribution in [3.8, 4) is 0 Å². The van der Waals surface area contributed by atoms with Crippen molar-refractivity contribution < 1.29 is 9.90 Å². The summed E-state index contributed by atoms with van der Waals surface area (Å²) in [5.41, 5.74) is 0.875. The van der Waals surface area contributed by atoms with Crippen molar-refractivity contribution in [3.05, 3.63) is 39.7 Å². The van der Waals surface area contributed by atoms with Gasteiger partial charge in [-0.05, 0) is 30.3 Å². The average Bonchev–Trinajstić information content (AvgIpc) is 2.68. The van der Waals surface area contributed by atoms with Gasteiger partial charge in [-0.1, -0.05) is 15.9 Å². The Labute approximate surface area is 109 Å². The summed E-state index contributed by atoms with van der Waals surface area (Å²) < 4.78 is 0.986. The first-order chi connectivity index (χ1) is 8.13. The van der Waals surface area contributed by atoms with Crippen LogP contribution in [-0.2, 0) is 0 Å². The van der Waals surface area contributed by atoms with E-state index in [0.717, 1.165) is 25.6 Å². The average molecular weight is 308 g/mol. The van der Waals surface area contributed by atoms with Crippen molar-refractivity contribution in [2.75, 3.05) is 0 Å². The third-order valence-corrected chi connectivity index (χ3v) is 4.00. The molecule has 5 heteroatoms. The molecule has 0 radical (unpaired) electrons. The number of aromatic carboxylic acids is 1. The van der Waals surface area contributed by atoms with E-state index >= 15 is 0 Å². The molecule has 3 rings (SSSR count). The van der Waals surface area contributed by atoms with E-state index in [4.69, 9.17) is 5.11 Å². The third kappa shape index (κ3) is 1.81. The quantitative estimate of drug-likeness (QED) is 0.741. The van der Waals surface area contributed by atoms with E-state index in [1.807, 2.05) is 24.3 Å². The Hall–Kier alpha value is -1.46. The van der Waals surface area contributed by atoms with Gasteiger partial charge in [-0.2, -0.15) is 0 Å².